The van der Waals surface area contributed by atoms with Crippen LogP contribution in [0.4, 0.5) is 0 Å². The Labute approximate surface area is 157 Å². The van der Waals surface area contributed by atoms with Crippen LogP contribution in [0.15, 0.2) is 0 Å². The number of nitrogens with zero attached hydrogens (tertiary/aromatic N) is 3. The van der Waals surface area contributed by atoms with E-state index in [2.05, 4.69) is 47.9 Å². The van der Waals surface area contributed by atoms with Crippen LogP contribution in [0.25, 0.3) is 0 Å². The first-order chi connectivity index (χ1) is 9.08. The lowest BCUT2D eigenvalue weighted by atomic mass is 10.2. The molecule has 1 aliphatic heterocycles. The second-order valence-electron chi connectivity index (χ2n) is 5.43. The van der Waals surface area contributed by atoms with E-state index in [9.17, 15) is 0 Å². The van der Waals surface area contributed by atoms with Gasteiger partial charge in [-0.2, -0.15) is 0 Å². The van der Waals surface area contributed by atoms with Crippen molar-refractivity contribution in [3.63, 3.8) is 0 Å². The van der Waals surface area contributed by atoms with Crippen LogP contribution in [-0.2, 0) is 0 Å². The average molecular weight is 392 g/mol. The lowest BCUT2D eigenvalue weighted by Crippen LogP contribution is -2.46. The van der Waals surface area contributed by atoms with Crippen molar-refractivity contribution >= 4 is 48.6 Å². The molecule has 1 aliphatic rings. The van der Waals surface area contributed by atoms with Gasteiger partial charge in [-0.1, -0.05) is 0 Å². The normalized spacial score (nSPS) is 16.4. The van der Waals surface area contributed by atoms with E-state index in [1.54, 1.807) is 0 Å². The van der Waals surface area contributed by atoms with Gasteiger partial charge in [-0.25, -0.2) is 4.98 Å². The lowest BCUT2D eigenvalue weighted by Gasteiger charge is -2.31. The standard InChI is InChI=1S/C14H26N4S.3ClH/c1-11-14(19-13(3)16-11)12(2)17(4)9-10-18-7-5-15-6-8-18;;;/h12,15H,5-10H2,1-4H3;3*1H. The monoisotopic (exact) mass is 390 g/mol. The Morgan fingerprint density at radius 3 is 2.32 bits per heavy atom. The van der Waals surface area contributed by atoms with Gasteiger partial charge in [-0.05, 0) is 27.8 Å². The summed E-state index contributed by atoms with van der Waals surface area (Å²) in [6, 6.07) is 0.467. The topological polar surface area (TPSA) is 31.4 Å². The summed E-state index contributed by atoms with van der Waals surface area (Å²) in [6.07, 6.45) is 0. The van der Waals surface area contributed by atoms with Crippen LogP contribution >= 0.6 is 48.6 Å². The van der Waals surface area contributed by atoms with Crippen molar-refractivity contribution in [1.29, 1.82) is 0 Å². The van der Waals surface area contributed by atoms with E-state index in [0.717, 1.165) is 19.6 Å². The fraction of sp³-hybridized carbons (Fsp3) is 0.786. The molecule has 1 atom stereocenters. The van der Waals surface area contributed by atoms with Gasteiger partial charge >= 0.3 is 0 Å². The minimum Gasteiger partial charge on any atom is -0.314 e. The van der Waals surface area contributed by atoms with Crippen LogP contribution in [-0.4, -0.2) is 61.1 Å². The van der Waals surface area contributed by atoms with Crippen LogP contribution in [0.2, 0.25) is 0 Å². The van der Waals surface area contributed by atoms with Crippen molar-refractivity contribution in [2.45, 2.75) is 26.8 Å². The molecule has 1 unspecified atom stereocenters. The Bertz CT molecular complexity index is 411. The third-order valence-corrected chi connectivity index (χ3v) is 5.20. The molecule has 1 aromatic heterocycles. The van der Waals surface area contributed by atoms with Gasteiger partial charge in [0.1, 0.15) is 0 Å². The number of piperazine rings is 1. The van der Waals surface area contributed by atoms with E-state index in [4.69, 9.17) is 0 Å². The van der Waals surface area contributed by atoms with E-state index < -0.39 is 0 Å². The van der Waals surface area contributed by atoms with Gasteiger partial charge in [0, 0.05) is 50.2 Å². The summed E-state index contributed by atoms with van der Waals surface area (Å²) in [7, 11) is 2.22. The first-order valence-corrected chi connectivity index (χ1v) is 7.97. The maximum atomic E-state index is 4.54. The van der Waals surface area contributed by atoms with Crippen LogP contribution in [0.5, 0.6) is 0 Å². The molecule has 8 heteroatoms. The third kappa shape index (κ3) is 6.87. The van der Waals surface area contributed by atoms with Crippen molar-refractivity contribution in [3.05, 3.63) is 15.6 Å². The van der Waals surface area contributed by atoms with Crippen LogP contribution < -0.4 is 5.32 Å². The molecule has 2 heterocycles. The molecule has 0 amide bonds. The number of thiazole rings is 1. The van der Waals surface area contributed by atoms with E-state index in [1.807, 2.05) is 11.3 Å². The Kier molecular flexibility index (Phi) is 13.3. The quantitative estimate of drug-likeness (QED) is 0.836. The summed E-state index contributed by atoms with van der Waals surface area (Å²) in [5, 5.41) is 4.58. The van der Waals surface area contributed by atoms with Crippen LogP contribution in [0.3, 0.4) is 0 Å². The van der Waals surface area contributed by atoms with Crippen LogP contribution in [0, 0.1) is 13.8 Å². The molecule has 2 rings (SSSR count). The number of aryl methyl sites for hydroxylation is 2. The molecule has 0 saturated carbocycles. The minimum atomic E-state index is 0. The van der Waals surface area contributed by atoms with E-state index in [0.29, 0.717) is 6.04 Å². The molecule has 22 heavy (non-hydrogen) atoms. The predicted octanol–water partition coefficient (Wildman–Crippen LogP) is 2.92. The number of halogens is 3. The Balaban J connectivity index is 0. The van der Waals surface area contributed by atoms with Crippen molar-refractivity contribution in [2.24, 2.45) is 0 Å². The van der Waals surface area contributed by atoms with Gasteiger partial charge in [0.25, 0.3) is 0 Å². The Hall–Kier alpha value is 0.380. The molecule has 1 aromatic rings. The molecule has 1 saturated heterocycles. The molecular formula is C14H29Cl3N4S. The second kappa shape index (κ2) is 11.8. The zero-order valence-electron chi connectivity index (χ0n) is 13.8. The van der Waals surface area contributed by atoms with E-state index in [1.165, 1.54) is 35.2 Å². The average Bonchev–Trinajstić information content (AvgIpc) is 2.75. The summed E-state index contributed by atoms with van der Waals surface area (Å²) in [5.74, 6) is 0. The van der Waals surface area contributed by atoms with Gasteiger partial charge in [-0.15, -0.1) is 48.6 Å². The molecular weight excluding hydrogens is 363 g/mol. The number of likely N-dealkylation sites (N-methyl/N-ethyl adjacent to an activating group) is 1. The maximum absolute atomic E-state index is 4.54. The van der Waals surface area contributed by atoms with Gasteiger partial charge in [-0.3, -0.25) is 9.80 Å². The fourth-order valence-electron chi connectivity index (χ4n) is 2.56. The first kappa shape index (κ1) is 24.6. The Morgan fingerprint density at radius 1 is 1.23 bits per heavy atom. The summed E-state index contributed by atoms with van der Waals surface area (Å²) >= 11 is 1.84. The fourth-order valence-corrected chi connectivity index (χ4v) is 3.61. The van der Waals surface area contributed by atoms with Crippen molar-refractivity contribution < 1.29 is 0 Å². The zero-order chi connectivity index (χ0) is 13.8. The molecule has 0 radical (unpaired) electrons. The Morgan fingerprint density at radius 2 is 1.82 bits per heavy atom. The third-order valence-electron chi connectivity index (χ3n) is 3.96. The number of hydrogen-bond acceptors (Lipinski definition) is 5. The number of nitrogens with one attached hydrogen (secondary N) is 1. The highest BCUT2D eigenvalue weighted by molar-refractivity contribution is 7.11. The first-order valence-electron chi connectivity index (χ1n) is 7.15. The van der Waals surface area contributed by atoms with Gasteiger partial charge < -0.3 is 5.32 Å². The minimum absolute atomic E-state index is 0. The molecule has 132 valence electrons. The van der Waals surface area contributed by atoms with Crippen molar-refractivity contribution in [3.8, 4) is 0 Å². The highest BCUT2D eigenvalue weighted by Crippen LogP contribution is 2.27. The zero-order valence-corrected chi connectivity index (χ0v) is 17.1. The SMILES string of the molecule is Cc1nc(C)c(C(C)N(C)CCN2CCNCC2)s1.Cl.Cl.Cl. The highest BCUT2D eigenvalue weighted by atomic mass is 35.5. The molecule has 4 nitrogen and oxygen atoms in total. The number of rotatable bonds is 5. The molecule has 0 bridgehead atoms. The van der Waals surface area contributed by atoms with Crippen molar-refractivity contribution in [2.75, 3.05) is 46.3 Å². The van der Waals surface area contributed by atoms with E-state index in [-0.39, 0.29) is 37.2 Å². The smallest absolute Gasteiger partial charge is 0.0900 e. The van der Waals surface area contributed by atoms with Crippen molar-refractivity contribution in [1.82, 2.24) is 20.1 Å². The summed E-state index contributed by atoms with van der Waals surface area (Å²) < 4.78 is 0. The molecule has 1 fully saturated rings. The highest BCUT2D eigenvalue weighted by Gasteiger charge is 2.18. The number of hydrogen-bond donors (Lipinski definition) is 1. The summed E-state index contributed by atoms with van der Waals surface area (Å²) in [6.45, 7) is 13.4. The molecule has 0 aromatic carbocycles. The van der Waals surface area contributed by atoms with Gasteiger partial charge in [0.15, 0.2) is 0 Å². The molecule has 0 aliphatic carbocycles. The molecule has 0 spiro atoms. The van der Waals surface area contributed by atoms with Gasteiger partial charge in [0.05, 0.1) is 10.7 Å². The predicted molar refractivity (Wildman–Crippen MR) is 104 cm³/mol. The largest absolute Gasteiger partial charge is 0.314 e. The summed E-state index contributed by atoms with van der Waals surface area (Å²) in [4.78, 5) is 10.9. The van der Waals surface area contributed by atoms with Crippen LogP contribution in [0.1, 0.15) is 28.5 Å². The summed E-state index contributed by atoms with van der Waals surface area (Å²) in [5.41, 5.74) is 1.20. The maximum Gasteiger partial charge on any atom is 0.0900 e. The number of aromatic nitrogens is 1. The molecule has 1 N–H and O–H groups in total. The lowest BCUT2D eigenvalue weighted by molar-refractivity contribution is 0.184. The van der Waals surface area contributed by atoms with E-state index >= 15 is 0 Å². The van der Waals surface area contributed by atoms with Gasteiger partial charge in [0.2, 0.25) is 0 Å². The second-order valence-corrected chi connectivity index (χ2v) is 6.67.